The molecular formula is C22H29N7. The van der Waals surface area contributed by atoms with Gasteiger partial charge in [-0.2, -0.15) is 0 Å². The third-order valence-electron chi connectivity index (χ3n) is 5.24. The van der Waals surface area contributed by atoms with Crippen LogP contribution in [0.25, 0.3) is 5.65 Å². The average Bonchev–Trinajstić information content (AvgIpc) is 3.18. The molecule has 0 bridgehead atoms. The summed E-state index contributed by atoms with van der Waals surface area (Å²) in [5.74, 6) is 1.95. The van der Waals surface area contributed by atoms with E-state index in [1.54, 1.807) is 0 Å². The summed E-state index contributed by atoms with van der Waals surface area (Å²) in [5.41, 5.74) is 2.26. The van der Waals surface area contributed by atoms with Gasteiger partial charge in [-0.1, -0.05) is 36.4 Å². The van der Waals surface area contributed by atoms with Gasteiger partial charge >= 0.3 is 0 Å². The Bertz CT molecular complexity index is 926. The lowest BCUT2D eigenvalue weighted by atomic mass is 10.2. The van der Waals surface area contributed by atoms with Gasteiger partial charge in [0, 0.05) is 58.4 Å². The van der Waals surface area contributed by atoms with Crippen LogP contribution >= 0.6 is 0 Å². The minimum Gasteiger partial charge on any atom is -0.357 e. The number of hydrogen-bond donors (Lipinski definition) is 1. The fourth-order valence-corrected chi connectivity index (χ4v) is 3.71. The van der Waals surface area contributed by atoms with Gasteiger partial charge < -0.3 is 10.2 Å². The largest absolute Gasteiger partial charge is 0.357 e. The van der Waals surface area contributed by atoms with E-state index in [1.807, 2.05) is 28.8 Å². The molecule has 0 aliphatic carbocycles. The minimum absolute atomic E-state index is 0.697. The number of piperazine rings is 1. The van der Waals surface area contributed by atoms with Crippen molar-refractivity contribution in [3.8, 4) is 0 Å². The van der Waals surface area contributed by atoms with Crippen LogP contribution in [0.15, 0.2) is 59.7 Å². The van der Waals surface area contributed by atoms with Crippen LogP contribution in [0.5, 0.6) is 0 Å². The highest BCUT2D eigenvalue weighted by atomic mass is 15.3. The fourth-order valence-electron chi connectivity index (χ4n) is 3.71. The molecule has 3 heterocycles. The SMILES string of the molecule is CCNC(=NCCc1nnc2ccccn12)N1CCN(Cc2ccccc2)CC1. The number of guanidine groups is 1. The Morgan fingerprint density at radius 1 is 1.00 bits per heavy atom. The van der Waals surface area contributed by atoms with E-state index in [-0.39, 0.29) is 0 Å². The molecule has 7 nitrogen and oxygen atoms in total. The first kappa shape index (κ1) is 19.4. The molecule has 0 saturated carbocycles. The minimum atomic E-state index is 0.697. The maximum absolute atomic E-state index is 4.86. The number of benzene rings is 1. The number of nitrogens with zero attached hydrogens (tertiary/aromatic N) is 6. The maximum Gasteiger partial charge on any atom is 0.194 e. The molecule has 1 saturated heterocycles. The number of fused-ring (bicyclic) bond motifs is 1. The molecule has 2 aromatic heterocycles. The quantitative estimate of drug-likeness (QED) is 0.515. The Balaban J connectivity index is 1.32. The second kappa shape index (κ2) is 9.52. The topological polar surface area (TPSA) is 61.1 Å². The van der Waals surface area contributed by atoms with Crippen molar-refractivity contribution in [3.63, 3.8) is 0 Å². The molecule has 1 fully saturated rings. The summed E-state index contributed by atoms with van der Waals surface area (Å²) in [6, 6.07) is 16.6. The van der Waals surface area contributed by atoms with Gasteiger partial charge in [0.1, 0.15) is 5.82 Å². The number of aliphatic imine (C=N–C) groups is 1. The number of hydrogen-bond acceptors (Lipinski definition) is 4. The Hall–Kier alpha value is -2.93. The molecule has 0 amide bonds. The van der Waals surface area contributed by atoms with E-state index in [0.29, 0.717) is 6.54 Å². The molecule has 7 heteroatoms. The van der Waals surface area contributed by atoms with E-state index in [4.69, 9.17) is 4.99 Å². The molecule has 1 aliphatic heterocycles. The van der Waals surface area contributed by atoms with E-state index in [1.165, 1.54) is 5.56 Å². The zero-order chi connectivity index (χ0) is 19.9. The first-order valence-electron chi connectivity index (χ1n) is 10.4. The van der Waals surface area contributed by atoms with Crippen molar-refractivity contribution in [2.24, 2.45) is 4.99 Å². The molecule has 0 atom stereocenters. The lowest BCUT2D eigenvalue weighted by molar-refractivity contribution is 0.172. The van der Waals surface area contributed by atoms with Gasteiger partial charge in [-0.15, -0.1) is 10.2 Å². The molecule has 1 N–H and O–H groups in total. The number of nitrogens with one attached hydrogen (secondary N) is 1. The molecule has 29 heavy (non-hydrogen) atoms. The van der Waals surface area contributed by atoms with Crippen LogP contribution in [0.3, 0.4) is 0 Å². The van der Waals surface area contributed by atoms with E-state index < -0.39 is 0 Å². The monoisotopic (exact) mass is 391 g/mol. The van der Waals surface area contributed by atoms with Gasteiger partial charge in [0.05, 0.1) is 0 Å². The fraction of sp³-hybridized carbons (Fsp3) is 0.409. The zero-order valence-corrected chi connectivity index (χ0v) is 17.0. The summed E-state index contributed by atoms with van der Waals surface area (Å²) in [6.45, 7) is 8.79. The van der Waals surface area contributed by atoms with Crippen molar-refractivity contribution in [2.75, 3.05) is 39.3 Å². The highest BCUT2D eigenvalue weighted by Gasteiger charge is 2.19. The molecule has 1 aromatic carbocycles. The summed E-state index contributed by atoms with van der Waals surface area (Å²) in [5, 5.41) is 12.0. The van der Waals surface area contributed by atoms with E-state index in [9.17, 15) is 0 Å². The Kier molecular flexibility index (Phi) is 6.36. The van der Waals surface area contributed by atoms with Gasteiger partial charge in [0.2, 0.25) is 0 Å². The molecular weight excluding hydrogens is 362 g/mol. The Morgan fingerprint density at radius 3 is 2.59 bits per heavy atom. The lowest BCUT2D eigenvalue weighted by Crippen LogP contribution is -2.52. The highest BCUT2D eigenvalue weighted by Crippen LogP contribution is 2.09. The number of pyridine rings is 1. The summed E-state index contributed by atoms with van der Waals surface area (Å²) >= 11 is 0. The van der Waals surface area contributed by atoms with Crippen LogP contribution < -0.4 is 5.32 Å². The summed E-state index contributed by atoms with van der Waals surface area (Å²) in [7, 11) is 0. The summed E-state index contributed by atoms with van der Waals surface area (Å²) in [6.07, 6.45) is 2.78. The molecule has 3 aromatic rings. The first-order valence-corrected chi connectivity index (χ1v) is 10.4. The van der Waals surface area contributed by atoms with Gasteiger partial charge in [-0.3, -0.25) is 14.3 Å². The van der Waals surface area contributed by atoms with Crippen molar-refractivity contribution in [2.45, 2.75) is 19.9 Å². The highest BCUT2D eigenvalue weighted by molar-refractivity contribution is 5.80. The zero-order valence-electron chi connectivity index (χ0n) is 17.0. The van der Waals surface area contributed by atoms with Gasteiger partial charge in [0.15, 0.2) is 11.6 Å². The van der Waals surface area contributed by atoms with E-state index >= 15 is 0 Å². The van der Waals surface area contributed by atoms with Gasteiger partial charge in [-0.05, 0) is 24.6 Å². The third kappa shape index (κ3) is 4.92. The van der Waals surface area contributed by atoms with Crippen molar-refractivity contribution < 1.29 is 0 Å². The second-order valence-electron chi connectivity index (χ2n) is 7.28. The number of rotatable bonds is 6. The average molecular weight is 392 g/mol. The van der Waals surface area contributed by atoms with Gasteiger partial charge in [0.25, 0.3) is 0 Å². The lowest BCUT2D eigenvalue weighted by Gasteiger charge is -2.36. The predicted molar refractivity (Wildman–Crippen MR) is 116 cm³/mol. The van der Waals surface area contributed by atoms with Crippen LogP contribution in [0.4, 0.5) is 0 Å². The van der Waals surface area contributed by atoms with Crippen LogP contribution in [0, 0.1) is 0 Å². The summed E-state index contributed by atoms with van der Waals surface area (Å²) < 4.78 is 2.03. The maximum atomic E-state index is 4.86. The molecule has 152 valence electrons. The molecule has 0 unspecified atom stereocenters. The van der Waals surface area contributed by atoms with Crippen molar-refractivity contribution in [1.29, 1.82) is 0 Å². The van der Waals surface area contributed by atoms with Crippen molar-refractivity contribution in [1.82, 2.24) is 29.7 Å². The Labute approximate surface area is 172 Å². The van der Waals surface area contributed by atoms with Crippen molar-refractivity contribution in [3.05, 3.63) is 66.1 Å². The van der Waals surface area contributed by atoms with Crippen molar-refractivity contribution >= 4 is 11.6 Å². The van der Waals surface area contributed by atoms with Crippen LogP contribution in [0.2, 0.25) is 0 Å². The van der Waals surface area contributed by atoms with Crippen LogP contribution in [0.1, 0.15) is 18.3 Å². The summed E-state index contributed by atoms with van der Waals surface area (Å²) in [4.78, 5) is 9.74. The first-order chi connectivity index (χ1) is 14.3. The Morgan fingerprint density at radius 2 is 1.79 bits per heavy atom. The smallest absolute Gasteiger partial charge is 0.194 e. The molecule has 0 radical (unpaired) electrons. The van der Waals surface area contributed by atoms with E-state index in [2.05, 4.69) is 62.6 Å². The molecule has 1 aliphatic rings. The van der Waals surface area contributed by atoms with Crippen LogP contribution in [-0.2, 0) is 13.0 Å². The van der Waals surface area contributed by atoms with Crippen LogP contribution in [-0.4, -0.2) is 69.6 Å². The standard InChI is InChI=1S/C22H29N7/c1-2-23-22(24-12-11-21-26-25-20-10-6-7-13-29(20)21)28-16-14-27(15-17-28)18-19-8-4-3-5-9-19/h3-10,13H,2,11-12,14-18H2,1H3,(H,23,24). The number of aromatic nitrogens is 3. The molecule has 4 rings (SSSR count). The van der Waals surface area contributed by atoms with E-state index in [0.717, 1.165) is 63.1 Å². The predicted octanol–water partition coefficient (Wildman–Crippen LogP) is 2.06. The normalized spacial score (nSPS) is 15.8. The third-order valence-corrected chi connectivity index (χ3v) is 5.24. The second-order valence-corrected chi connectivity index (χ2v) is 7.28. The van der Waals surface area contributed by atoms with Gasteiger partial charge in [-0.25, -0.2) is 0 Å². The molecule has 0 spiro atoms.